The highest BCUT2D eigenvalue weighted by Crippen LogP contribution is 2.37. The zero-order valence-corrected chi connectivity index (χ0v) is 9.01. The summed E-state index contributed by atoms with van der Waals surface area (Å²) in [6.07, 6.45) is -8.92. The molecule has 104 valence electrons. The minimum absolute atomic E-state index is 0.0540. The molecule has 0 amide bonds. The average molecular weight is 284 g/mol. The van der Waals surface area contributed by atoms with Crippen molar-refractivity contribution in [1.29, 1.82) is 0 Å². The highest BCUT2D eigenvalue weighted by molar-refractivity contribution is 5.85. The molecular formula is C11H6F6O2. The van der Waals surface area contributed by atoms with E-state index in [0.717, 1.165) is 0 Å². The maximum Gasteiger partial charge on any atom is 0.417 e. The van der Waals surface area contributed by atoms with Gasteiger partial charge in [-0.1, -0.05) is 6.07 Å². The number of rotatable bonds is 2. The van der Waals surface area contributed by atoms with E-state index in [1.807, 2.05) is 0 Å². The fourth-order valence-corrected chi connectivity index (χ4v) is 1.28. The van der Waals surface area contributed by atoms with E-state index in [1.54, 1.807) is 0 Å². The summed E-state index contributed by atoms with van der Waals surface area (Å²) >= 11 is 0. The van der Waals surface area contributed by atoms with Crippen LogP contribution in [0.5, 0.6) is 0 Å². The lowest BCUT2D eigenvalue weighted by molar-refractivity contribution is -0.143. The number of carboxylic acid groups (broad SMARTS) is 1. The van der Waals surface area contributed by atoms with Crippen molar-refractivity contribution in [2.45, 2.75) is 12.4 Å². The van der Waals surface area contributed by atoms with Gasteiger partial charge in [0.1, 0.15) is 0 Å². The third-order valence-corrected chi connectivity index (χ3v) is 2.09. The molecule has 0 fully saturated rings. The standard InChI is InChI=1S/C11H6F6O2/c12-10(13,14)7-3-1-6(2-4-9(18)19)8(5-7)11(15,16)17/h1-5H,(H,18,19). The van der Waals surface area contributed by atoms with E-state index in [-0.39, 0.29) is 6.07 Å². The van der Waals surface area contributed by atoms with Crippen molar-refractivity contribution in [2.75, 3.05) is 0 Å². The van der Waals surface area contributed by atoms with Gasteiger partial charge in [-0.2, -0.15) is 26.3 Å². The van der Waals surface area contributed by atoms with E-state index < -0.39 is 35.0 Å². The number of carbonyl (C=O) groups is 1. The maximum absolute atomic E-state index is 12.6. The van der Waals surface area contributed by atoms with Crippen LogP contribution in [0.25, 0.3) is 6.08 Å². The first-order chi connectivity index (χ1) is 8.51. The van der Waals surface area contributed by atoms with Crippen LogP contribution in [0.2, 0.25) is 0 Å². The zero-order chi connectivity index (χ0) is 14.8. The van der Waals surface area contributed by atoms with Crippen LogP contribution >= 0.6 is 0 Å². The Kier molecular flexibility index (Phi) is 3.92. The molecule has 0 unspecified atom stereocenters. The molecule has 1 rings (SSSR count). The first-order valence-electron chi connectivity index (χ1n) is 4.71. The minimum atomic E-state index is -5.01. The molecule has 0 aromatic heterocycles. The van der Waals surface area contributed by atoms with Crippen molar-refractivity contribution < 1.29 is 36.2 Å². The molecule has 0 radical (unpaired) electrons. The Morgan fingerprint density at radius 3 is 2.05 bits per heavy atom. The van der Waals surface area contributed by atoms with Crippen LogP contribution in [0, 0.1) is 0 Å². The number of benzene rings is 1. The minimum Gasteiger partial charge on any atom is -0.478 e. The lowest BCUT2D eigenvalue weighted by atomic mass is 10.0. The van der Waals surface area contributed by atoms with Gasteiger partial charge in [-0.15, -0.1) is 0 Å². The number of hydrogen-bond acceptors (Lipinski definition) is 1. The molecule has 0 spiro atoms. The maximum atomic E-state index is 12.6. The van der Waals surface area contributed by atoms with Crippen LogP contribution in [0.15, 0.2) is 24.3 Å². The molecule has 0 saturated carbocycles. The van der Waals surface area contributed by atoms with Gasteiger partial charge in [-0.3, -0.25) is 0 Å². The number of aliphatic carboxylic acids is 1. The molecule has 0 heterocycles. The lowest BCUT2D eigenvalue weighted by Gasteiger charge is -2.13. The summed E-state index contributed by atoms with van der Waals surface area (Å²) in [6, 6.07) is 0.976. The van der Waals surface area contributed by atoms with Gasteiger partial charge in [0.05, 0.1) is 11.1 Å². The molecule has 0 bridgehead atoms. The van der Waals surface area contributed by atoms with Crippen LogP contribution in [0.3, 0.4) is 0 Å². The van der Waals surface area contributed by atoms with E-state index in [1.165, 1.54) is 0 Å². The Morgan fingerprint density at radius 2 is 1.63 bits per heavy atom. The second-order valence-electron chi connectivity index (χ2n) is 3.47. The fraction of sp³-hybridized carbons (Fsp3) is 0.182. The SMILES string of the molecule is O=C(O)C=Cc1ccc(C(F)(F)F)cc1C(F)(F)F. The second kappa shape index (κ2) is 4.94. The van der Waals surface area contributed by atoms with Gasteiger partial charge in [0.15, 0.2) is 0 Å². The van der Waals surface area contributed by atoms with E-state index in [9.17, 15) is 31.1 Å². The Balaban J connectivity index is 3.38. The molecule has 0 atom stereocenters. The van der Waals surface area contributed by atoms with Crippen molar-refractivity contribution in [3.05, 3.63) is 41.0 Å². The Bertz CT molecular complexity index is 513. The summed E-state index contributed by atoms with van der Waals surface area (Å²) in [5.74, 6) is -1.51. The van der Waals surface area contributed by atoms with Gasteiger partial charge in [-0.25, -0.2) is 4.79 Å². The van der Waals surface area contributed by atoms with Crippen LogP contribution in [0.1, 0.15) is 16.7 Å². The quantitative estimate of drug-likeness (QED) is 0.662. The van der Waals surface area contributed by atoms with Gasteiger partial charge < -0.3 is 5.11 Å². The van der Waals surface area contributed by atoms with Crippen molar-refractivity contribution in [2.24, 2.45) is 0 Å². The van der Waals surface area contributed by atoms with Crippen LogP contribution < -0.4 is 0 Å². The number of carboxylic acids is 1. The van der Waals surface area contributed by atoms with Crippen molar-refractivity contribution >= 4 is 12.0 Å². The van der Waals surface area contributed by atoms with Gasteiger partial charge in [0.2, 0.25) is 0 Å². The molecule has 1 aromatic carbocycles. The molecule has 0 aliphatic rings. The fourth-order valence-electron chi connectivity index (χ4n) is 1.28. The van der Waals surface area contributed by atoms with Crippen LogP contribution in [0.4, 0.5) is 26.3 Å². The predicted molar refractivity (Wildman–Crippen MR) is 53.1 cm³/mol. The van der Waals surface area contributed by atoms with Gasteiger partial charge in [0.25, 0.3) is 0 Å². The summed E-state index contributed by atoms with van der Waals surface area (Å²) in [4.78, 5) is 10.2. The molecule has 1 N–H and O–H groups in total. The molecule has 8 heteroatoms. The monoisotopic (exact) mass is 284 g/mol. The highest BCUT2D eigenvalue weighted by atomic mass is 19.4. The number of alkyl halides is 6. The predicted octanol–water partition coefficient (Wildman–Crippen LogP) is 3.82. The highest BCUT2D eigenvalue weighted by Gasteiger charge is 2.37. The molecule has 2 nitrogen and oxygen atoms in total. The molecule has 1 aromatic rings. The molecule has 19 heavy (non-hydrogen) atoms. The topological polar surface area (TPSA) is 37.3 Å². The zero-order valence-electron chi connectivity index (χ0n) is 9.01. The Labute approximate surface area is 103 Å². The summed E-state index contributed by atoms with van der Waals surface area (Å²) in [7, 11) is 0. The van der Waals surface area contributed by atoms with Gasteiger partial charge in [-0.05, 0) is 23.8 Å². The van der Waals surface area contributed by atoms with E-state index >= 15 is 0 Å². The first kappa shape index (κ1) is 15.1. The van der Waals surface area contributed by atoms with Crippen LogP contribution in [-0.4, -0.2) is 11.1 Å². The summed E-state index contributed by atoms with van der Waals surface area (Å²) in [5.41, 5.74) is -3.64. The Morgan fingerprint density at radius 1 is 1.05 bits per heavy atom. The number of hydrogen-bond donors (Lipinski definition) is 1. The third-order valence-electron chi connectivity index (χ3n) is 2.09. The summed E-state index contributed by atoms with van der Waals surface area (Å²) in [5, 5.41) is 8.30. The molecule has 0 saturated heterocycles. The van der Waals surface area contributed by atoms with Crippen molar-refractivity contribution in [3.8, 4) is 0 Å². The van der Waals surface area contributed by atoms with E-state index in [2.05, 4.69) is 0 Å². The van der Waals surface area contributed by atoms with Crippen LogP contribution in [-0.2, 0) is 17.1 Å². The summed E-state index contributed by atoms with van der Waals surface area (Å²) < 4.78 is 74.7. The first-order valence-corrected chi connectivity index (χ1v) is 4.71. The van der Waals surface area contributed by atoms with Crippen molar-refractivity contribution in [1.82, 2.24) is 0 Å². The molecule has 0 aliphatic carbocycles. The third kappa shape index (κ3) is 4.01. The largest absolute Gasteiger partial charge is 0.478 e. The number of halogens is 6. The molecule has 0 aliphatic heterocycles. The smallest absolute Gasteiger partial charge is 0.417 e. The van der Waals surface area contributed by atoms with Crippen molar-refractivity contribution in [3.63, 3.8) is 0 Å². The van der Waals surface area contributed by atoms with E-state index in [4.69, 9.17) is 5.11 Å². The molecular weight excluding hydrogens is 278 g/mol. The average Bonchev–Trinajstić information content (AvgIpc) is 2.23. The Hall–Kier alpha value is -1.99. The van der Waals surface area contributed by atoms with Gasteiger partial charge >= 0.3 is 18.3 Å². The summed E-state index contributed by atoms with van der Waals surface area (Å²) in [6.45, 7) is 0. The normalized spacial score (nSPS) is 12.9. The lowest BCUT2D eigenvalue weighted by Crippen LogP contribution is -2.12. The van der Waals surface area contributed by atoms with E-state index in [0.29, 0.717) is 24.3 Å². The second-order valence-corrected chi connectivity index (χ2v) is 3.47. The van der Waals surface area contributed by atoms with Gasteiger partial charge in [0, 0.05) is 6.08 Å².